The Morgan fingerprint density at radius 3 is 2.66 bits per heavy atom. The third kappa shape index (κ3) is 2.72. The van der Waals surface area contributed by atoms with Crippen LogP contribution in [-0.4, -0.2) is 39.2 Å². The van der Waals surface area contributed by atoms with Gasteiger partial charge in [0.05, 0.1) is 17.4 Å². The van der Waals surface area contributed by atoms with Crippen LogP contribution >= 0.6 is 0 Å². The Bertz CT molecular complexity index is 1170. The van der Waals surface area contributed by atoms with Crippen molar-refractivity contribution in [1.82, 2.24) is 9.88 Å². The highest BCUT2D eigenvalue weighted by atomic mass is 16.6. The number of hydrogen-bond acceptors (Lipinski definition) is 5. The van der Waals surface area contributed by atoms with Crippen LogP contribution in [0.4, 0.5) is 11.4 Å². The van der Waals surface area contributed by atoms with Gasteiger partial charge < -0.3 is 4.98 Å². The predicted molar refractivity (Wildman–Crippen MR) is 106 cm³/mol. The van der Waals surface area contributed by atoms with Crippen LogP contribution in [-0.2, 0) is 22.6 Å². The van der Waals surface area contributed by atoms with E-state index in [1.165, 1.54) is 29.1 Å². The lowest BCUT2D eigenvalue weighted by atomic mass is 10.0. The number of nitro benzene ring substituents is 1. The molecular formula is C21H18N4O4. The number of aromatic amines is 1. The molecule has 1 saturated heterocycles. The SMILES string of the molecule is O=C1CC(N2CCc3c([nH]c4ccccc34)C2)C(=O)N1c1ccccc1[N+](=O)[O-]. The number of nitrogens with zero attached hydrogens (tertiary/aromatic N) is 3. The fourth-order valence-corrected chi connectivity index (χ4v) is 4.44. The average molecular weight is 390 g/mol. The lowest BCUT2D eigenvalue weighted by Gasteiger charge is -2.30. The zero-order valence-corrected chi connectivity index (χ0v) is 15.5. The third-order valence-corrected chi connectivity index (χ3v) is 5.80. The third-order valence-electron chi connectivity index (χ3n) is 5.80. The van der Waals surface area contributed by atoms with Crippen LogP contribution < -0.4 is 4.90 Å². The lowest BCUT2D eigenvalue weighted by Crippen LogP contribution is -2.44. The van der Waals surface area contributed by atoms with Gasteiger partial charge >= 0.3 is 0 Å². The molecule has 8 heteroatoms. The molecule has 0 radical (unpaired) electrons. The second-order valence-electron chi connectivity index (χ2n) is 7.38. The van der Waals surface area contributed by atoms with Gasteiger partial charge in [0.1, 0.15) is 5.69 Å². The number of anilines is 1. The lowest BCUT2D eigenvalue weighted by molar-refractivity contribution is -0.384. The van der Waals surface area contributed by atoms with E-state index in [1.807, 2.05) is 23.1 Å². The van der Waals surface area contributed by atoms with Crippen molar-refractivity contribution in [2.24, 2.45) is 0 Å². The van der Waals surface area contributed by atoms with Gasteiger partial charge in [-0.1, -0.05) is 30.3 Å². The highest BCUT2D eigenvalue weighted by Crippen LogP contribution is 2.35. The Kier molecular flexibility index (Phi) is 3.95. The number of nitrogens with one attached hydrogen (secondary N) is 1. The molecule has 29 heavy (non-hydrogen) atoms. The smallest absolute Gasteiger partial charge is 0.293 e. The minimum Gasteiger partial charge on any atom is -0.357 e. The maximum atomic E-state index is 13.1. The minimum atomic E-state index is -0.609. The molecule has 1 fully saturated rings. The van der Waals surface area contributed by atoms with E-state index < -0.39 is 22.8 Å². The quantitative estimate of drug-likeness (QED) is 0.421. The van der Waals surface area contributed by atoms with Crippen LogP contribution in [0.25, 0.3) is 10.9 Å². The van der Waals surface area contributed by atoms with E-state index in [4.69, 9.17) is 0 Å². The number of imide groups is 1. The summed E-state index contributed by atoms with van der Waals surface area (Å²) in [5, 5.41) is 12.5. The maximum absolute atomic E-state index is 13.1. The van der Waals surface area contributed by atoms with Crippen molar-refractivity contribution in [3.05, 3.63) is 69.9 Å². The molecule has 146 valence electrons. The summed E-state index contributed by atoms with van der Waals surface area (Å²) < 4.78 is 0. The zero-order valence-electron chi connectivity index (χ0n) is 15.5. The summed E-state index contributed by atoms with van der Waals surface area (Å²) in [6.07, 6.45) is 0.809. The van der Waals surface area contributed by atoms with Crippen molar-refractivity contribution in [3.8, 4) is 0 Å². The van der Waals surface area contributed by atoms with E-state index in [2.05, 4.69) is 11.1 Å². The van der Waals surface area contributed by atoms with Gasteiger partial charge in [-0.15, -0.1) is 0 Å². The monoisotopic (exact) mass is 390 g/mol. The topological polar surface area (TPSA) is 99.6 Å². The van der Waals surface area contributed by atoms with Crippen LogP contribution in [0.1, 0.15) is 17.7 Å². The van der Waals surface area contributed by atoms with E-state index in [1.54, 1.807) is 6.07 Å². The van der Waals surface area contributed by atoms with Gasteiger partial charge in [0.15, 0.2) is 0 Å². The van der Waals surface area contributed by atoms with E-state index in [-0.39, 0.29) is 17.8 Å². The number of amides is 2. The van der Waals surface area contributed by atoms with Crippen LogP contribution in [0.15, 0.2) is 48.5 Å². The summed E-state index contributed by atoms with van der Waals surface area (Å²) in [4.78, 5) is 42.9. The molecule has 1 N–H and O–H groups in total. The Morgan fingerprint density at radius 1 is 1.07 bits per heavy atom. The molecule has 5 rings (SSSR count). The predicted octanol–water partition coefficient (Wildman–Crippen LogP) is 2.77. The number of benzene rings is 2. The number of para-hydroxylation sites is 3. The van der Waals surface area contributed by atoms with E-state index in [9.17, 15) is 19.7 Å². The number of fused-ring (bicyclic) bond motifs is 3. The zero-order chi connectivity index (χ0) is 20.1. The van der Waals surface area contributed by atoms with Crippen molar-refractivity contribution >= 4 is 34.1 Å². The van der Waals surface area contributed by atoms with Crippen molar-refractivity contribution in [1.29, 1.82) is 0 Å². The highest BCUT2D eigenvalue weighted by Gasteiger charge is 2.45. The second kappa shape index (κ2) is 6.52. The average Bonchev–Trinajstić information content (AvgIpc) is 3.24. The molecule has 0 saturated carbocycles. The van der Waals surface area contributed by atoms with Crippen LogP contribution in [0, 0.1) is 10.1 Å². The van der Waals surface area contributed by atoms with Crippen molar-refractivity contribution in [2.75, 3.05) is 11.4 Å². The molecule has 2 aromatic carbocycles. The van der Waals surface area contributed by atoms with E-state index >= 15 is 0 Å². The molecule has 2 aliphatic heterocycles. The number of carbonyl (C=O) groups is 2. The summed E-state index contributed by atoms with van der Waals surface area (Å²) >= 11 is 0. The fourth-order valence-electron chi connectivity index (χ4n) is 4.44. The van der Waals surface area contributed by atoms with Gasteiger partial charge in [-0.3, -0.25) is 24.6 Å². The van der Waals surface area contributed by atoms with Crippen molar-refractivity contribution in [2.45, 2.75) is 25.4 Å². The molecule has 0 aliphatic carbocycles. The molecule has 1 atom stereocenters. The van der Waals surface area contributed by atoms with E-state index in [0.29, 0.717) is 13.1 Å². The number of hydrogen-bond donors (Lipinski definition) is 1. The molecular weight excluding hydrogens is 372 g/mol. The van der Waals surface area contributed by atoms with Gasteiger partial charge in [-0.2, -0.15) is 0 Å². The molecule has 1 unspecified atom stereocenters. The van der Waals surface area contributed by atoms with Crippen LogP contribution in [0.5, 0.6) is 0 Å². The molecule has 8 nitrogen and oxygen atoms in total. The summed E-state index contributed by atoms with van der Waals surface area (Å²) in [6.45, 7) is 1.20. The molecule has 1 aromatic heterocycles. The van der Waals surface area contributed by atoms with Crippen molar-refractivity contribution in [3.63, 3.8) is 0 Å². The first-order valence-electron chi connectivity index (χ1n) is 9.47. The highest BCUT2D eigenvalue weighted by molar-refractivity contribution is 6.23. The number of H-pyrrole nitrogens is 1. The second-order valence-corrected chi connectivity index (χ2v) is 7.38. The molecule has 2 aliphatic rings. The summed E-state index contributed by atoms with van der Waals surface area (Å²) in [7, 11) is 0. The number of aromatic nitrogens is 1. The number of rotatable bonds is 3. The molecule has 3 aromatic rings. The first kappa shape index (κ1) is 17.6. The Labute approximate surface area is 165 Å². The van der Waals surface area contributed by atoms with Gasteiger partial charge in [0.2, 0.25) is 5.91 Å². The minimum absolute atomic E-state index is 0.0282. The summed E-state index contributed by atoms with van der Waals surface area (Å²) in [5.41, 5.74) is 3.17. The van der Waals surface area contributed by atoms with Crippen LogP contribution in [0.2, 0.25) is 0 Å². The summed E-state index contributed by atoms with van der Waals surface area (Å²) in [5.74, 6) is -0.805. The first-order chi connectivity index (χ1) is 14.0. The standard InChI is InChI=1S/C21H18N4O4/c26-20-11-19(21(27)24(20)17-7-3-4-8-18(17)25(28)29)23-10-9-14-13-5-1-2-6-15(13)22-16(14)12-23/h1-8,19,22H,9-12H2. The molecule has 0 bridgehead atoms. The largest absolute Gasteiger partial charge is 0.357 e. The van der Waals surface area contributed by atoms with Crippen LogP contribution in [0.3, 0.4) is 0 Å². The normalized spacial score (nSPS) is 19.7. The molecule has 2 amide bonds. The van der Waals surface area contributed by atoms with Gasteiger partial charge in [-0.05, 0) is 24.1 Å². The number of carbonyl (C=O) groups excluding carboxylic acids is 2. The molecule has 3 heterocycles. The van der Waals surface area contributed by atoms with Gasteiger partial charge in [-0.25, -0.2) is 4.90 Å². The van der Waals surface area contributed by atoms with E-state index in [0.717, 1.165) is 22.5 Å². The summed E-state index contributed by atoms with van der Waals surface area (Å²) in [6, 6.07) is 13.4. The Morgan fingerprint density at radius 2 is 1.83 bits per heavy atom. The maximum Gasteiger partial charge on any atom is 0.293 e. The number of nitro groups is 1. The van der Waals surface area contributed by atoms with Gasteiger partial charge in [0.25, 0.3) is 11.6 Å². The Balaban J connectivity index is 1.44. The first-order valence-corrected chi connectivity index (χ1v) is 9.47. The van der Waals surface area contributed by atoms with Gasteiger partial charge in [0, 0.05) is 35.8 Å². The Hall–Kier alpha value is -3.52. The van der Waals surface area contributed by atoms with Crippen molar-refractivity contribution < 1.29 is 14.5 Å². The fraction of sp³-hybridized carbons (Fsp3) is 0.238. The molecule has 0 spiro atoms.